The minimum atomic E-state index is -4.57. The van der Waals surface area contributed by atoms with Crippen molar-refractivity contribution in [1.29, 1.82) is 0 Å². The molecule has 88 valence electrons. The van der Waals surface area contributed by atoms with Crippen molar-refractivity contribution in [2.24, 2.45) is 0 Å². The normalized spacial score (nSPS) is 14.4. The molecular weight excluding hydrogens is 267 g/mol. The third kappa shape index (κ3) is 3.12. The van der Waals surface area contributed by atoms with Crippen LogP contribution in [-0.2, 0) is 0 Å². The molecule has 1 atom stereocenters. The summed E-state index contributed by atoms with van der Waals surface area (Å²) in [5.41, 5.74) is -0.157. The Morgan fingerprint density at radius 2 is 1.75 bits per heavy atom. The molecule has 0 aromatic heterocycles. The van der Waals surface area contributed by atoms with Crippen molar-refractivity contribution in [3.63, 3.8) is 0 Å². The van der Waals surface area contributed by atoms with Crippen molar-refractivity contribution < 1.29 is 17.6 Å². The first kappa shape index (κ1) is 13.3. The van der Waals surface area contributed by atoms with Crippen molar-refractivity contribution in [3.05, 3.63) is 46.2 Å². The summed E-state index contributed by atoms with van der Waals surface area (Å²) in [5.74, 6) is -2.02. The van der Waals surface area contributed by atoms with E-state index in [1.54, 1.807) is 0 Å². The lowest BCUT2D eigenvalue weighted by atomic mass is 9.99. The molecule has 1 unspecified atom stereocenters. The molecule has 1 aromatic rings. The molecule has 0 heterocycles. The van der Waals surface area contributed by atoms with Crippen LogP contribution in [0.15, 0.2) is 30.6 Å². The highest BCUT2D eigenvalue weighted by atomic mass is 35.5. The van der Waals surface area contributed by atoms with Crippen molar-refractivity contribution >= 4 is 23.2 Å². The summed E-state index contributed by atoms with van der Waals surface area (Å²) in [6.07, 6.45) is -4.29. The lowest BCUT2D eigenvalue weighted by Gasteiger charge is -2.17. The summed E-state index contributed by atoms with van der Waals surface area (Å²) < 4.78 is 49.5. The van der Waals surface area contributed by atoms with Gasteiger partial charge in [-0.25, -0.2) is 4.39 Å². The van der Waals surface area contributed by atoms with Gasteiger partial charge in [-0.3, -0.25) is 0 Å². The molecule has 0 fully saturated rings. The van der Waals surface area contributed by atoms with E-state index in [4.69, 9.17) is 23.2 Å². The summed E-state index contributed by atoms with van der Waals surface area (Å²) in [4.78, 5) is 0. The molecule has 0 bridgehead atoms. The van der Waals surface area contributed by atoms with Gasteiger partial charge in [0.2, 0.25) is 0 Å². The van der Waals surface area contributed by atoms with Crippen molar-refractivity contribution in [2.45, 2.75) is 12.1 Å². The van der Waals surface area contributed by atoms with Gasteiger partial charge in [-0.2, -0.15) is 13.2 Å². The molecule has 6 heteroatoms. The SMILES string of the molecule is FC=CC(c1ccc(Cl)c(Cl)c1)C(F)(F)F. The lowest BCUT2D eigenvalue weighted by molar-refractivity contribution is -0.139. The monoisotopic (exact) mass is 272 g/mol. The number of hydrogen-bond donors (Lipinski definition) is 0. The van der Waals surface area contributed by atoms with Crippen LogP contribution in [0.4, 0.5) is 17.6 Å². The van der Waals surface area contributed by atoms with Crippen LogP contribution in [0.5, 0.6) is 0 Å². The molecular formula is C10H6Cl2F4. The maximum absolute atomic E-state index is 12.5. The fourth-order valence-corrected chi connectivity index (χ4v) is 1.49. The average molecular weight is 273 g/mol. The van der Waals surface area contributed by atoms with Crippen LogP contribution in [0.25, 0.3) is 0 Å². The van der Waals surface area contributed by atoms with E-state index in [2.05, 4.69) is 0 Å². The first-order chi connectivity index (χ1) is 7.36. The van der Waals surface area contributed by atoms with E-state index in [1.165, 1.54) is 6.07 Å². The van der Waals surface area contributed by atoms with E-state index < -0.39 is 12.1 Å². The fourth-order valence-electron chi connectivity index (χ4n) is 1.19. The number of alkyl halides is 3. The standard InChI is InChI=1S/C10H6Cl2F4/c11-8-2-1-6(5-9(8)12)7(3-4-13)10(14,15)16/h1-5,7H. The summed E-state index contributed by atoms with van der Waals surface area (Å²) in [7, 11) is 0. The molecule has 0 aliphatic rings. The summed E-state index contributed by atoms with van der Waals surface area (Å²) in [5, 5.41) is 0.149. The van der Waals surface area contributed by atoms with Gasteiger partial charge in [0.25, 0.3) is 0 Å². The molecule has 0 saturated carbocycles. The number of rotatable bonds is 2. The topological polar surface area (TPSA) is 0 Å². The van der Waals surface area contributed by atoms with E-state index in [0.717, 1.165) is 12.1 Å². The Labute approximate surface area is 99.5 Å². The van der Waals surface area contributed by atoms with Crippen LogP contribution < -0.4 is 0 Å². The van der Waals surface area contributed by atoms with Gasteiger partial charge in [0.15, 0.2) is 0 Å². The fraction of sp³-hybridized carbons (Fsp3) is 0.200. The molecule has 0 radical (unpaired) electrons. The Bertz CT molecular complexity index is 398. The van der Waals surface area contributed by atoms with E-state index in [-0.39, 0.29) is 21.9 Å². The quantitative estimate of drug-likeness (QED) is 0.656. The van der Waals surface area contributed by atoms with Crippen molar-refractivity contribution in [3.8, 4) is 0 Å². The first-order valence-electron chi connectivity index (χ1n) is 4.15. The van der Waals surface area contributed by atoms with Gasteiger partial charge >= 0.3 is 6.18 Å². The zero-order valence-electron chi connectivity index (χ0n) is 7.73. The average Bonchev–Trinajstić information content (AvgIpc) is 2.17. The predicted molar refractivity (Wildman–Crippen MR) is 55.5 cm³/mol. The van der Waals surface area contributed by atoms with Gasteiger partial charge in [-0.05, 0) is 23.8 Å². The van der Waals surface area contributed by atoms with Crippen LogP contribution in [0.2, 0.25) is 10.0 Å². The van der Waals surface area contributed by atoms with Gasteiger partial charge in [-0.15, -0.1) is 0 Å². The maximum atomic E-state index is 12.5. The number of hydrogen-bond acceptors (Lipinski definition) is 0. The zero-order valence-corrected chi connectivity index (χ0v) is 9.24. The van der Waals surface area contributed by atoms with Gasteiger partial charge < -0.3 is 0 Å². The molecule has 0 saturated heterocycles. The van der Waals surface area contributed by atoms with E-state index in [1.807, 2.05) is 0 Å². The van der Waals surface area contributed by atoms with Crippen LogP contribution >= 0.6 is 23.2 Å². The van der Waals surface area contributed by atoms with E-state index in [0.29, 0.717) is 6.08 Å². The van der Waals surface area contributed by atoms with E-state index >= 15 is 0 Å². The van der Waals surface area contributed by atoms with Gasteiger partial charge in [0.05, 0.1) is 16.4 Å². The van der Waals surface area contributed by atoms with Gasteiger partial charge in [-0.1, -0.05) is 29.3 Å². The van der Waals surface area contributed by atoms with Crippen molar-refractivity contribution in [1.82, 2.24) is 0 Å². The molecule has 0 nitrogen and oxygen atoms in total. The van der Waals surface area contributed by atoms with Crippen LogP contribution in [0, 0.1) is 0 Å². The van der Waals surface area contributed by atoms with E-state index in [9.17, 15) is 17.6 Å². The van der Waals surface area contributed by atoms with Gasteiger partial charge in [0.1, 0.15) is 5.92 Å². The minimum absolute atomic E-state index is 0.000625. The highest BCUT2D eigenvalue weighted by Gasteiger charge is 2.39. The molecule has 16 heavy (non-hydrogen) atoms. The Kier molecular flexibility index (Phi) is 4.21. The Balaban J connectivity index is 3.17. The third-order valence-electron chi connectivity index (χ3n) is 1.92. The molecule has 0 aliphatic carbocycles. The Morgan fingerprint density at radius 1 is 1.12 bits per heavy atom. The number of allylic oxidation sites excluding steroid dienone is 1. The largest absolute Gasteiger partial charge is 0.399 e. The number of benzene rings is 1. The summed E-state index contributed by atoms with van der Waals surface area (Å²) in [6, 6.07) is 3.47. The zero-order chi connectivity index (χ0) is 12.3. The van der Waals surface area contributed by atoms with Gasteiger partial charge in [0, 0.05) is 0 Å². The second-order valence-electron chi connectivity index (χ2n) is 3.01. The highest BCUT2D eigenvalue weighted by molar-refractivity contribution is 6.42. The molecule has 0 aliphatic heterocycles. The molecule has 0 N–H and O–H groups in total. The van der Waals surface area contributed by atoms with Crippen LogP contribution in [0.3, 0.4) is 0 Å². The molecule has 1 aromatic carbocycles. The smallest absolute Gasteiger partial charge is 0.216 e. The molecule has 1 rings (SSSR count). The Hall–Kier alpha value is -0.740. The lowest BCUT2D eigenvalue weighted by Crippen LogP contribution is -2.18. The highest BCUT2D eigenvalue weighted by Crippen LogP contribution is 2.38. The molecule has 0 amide bonds. The van der Waals surface area contributed by atoms with Crippen LogP contribution in [-0.4, -0.2) is 6.18 Å². The first-order valence-corrected chi connectivity index (χ1v) is 4.90. The minimum Gasteiger partial charge on any atom is -0.216 e. The number of halogens is 6. The molecule has 0 spiro atoms. The Morgan fingerprint density at radius 3 is 2.19 bits per heavy atom. The second kappa shape index (κ2) is 5.06. The maximum Gasteiger partial charge on any atom is 0.399 e. The predicted octanol–water partition coefficient (Wildman–Crippen LogP) is 5.12. The van der Waals surface area contributed by atoms with Crippen molar-refractivity contribution in [2.75, 3.05) is 0 Å². The summed E-state index contributed by atoms with van der Waals surface area (Å²) in [6.45, 7) is 0. The summed E-state index contributed by atoms with van der Waals surface area (Å²) >= 11 is 11.2. The second-order valence-corrected chi connectivity index (χ2v) is 3.83. The van der Waals surface area contributed by atoms with Crippen LogP contribution in [0.1, 0.15) is 11.5 Å². The third-order valence-corrected chi connectivity index (χ3v) is 2.66.